The molecule has 33 heavy (non-hydrogen) atoms. The first-order valence-electron chi connectivity index (χ1n) is 10.7. The van der Waals surface area contributed by atoms with E-state index in [1.54, 1.807) is 12.1 Å². The summed E-state index contributed by atoms with van der Waals surface area (Å²) >= 11 is 3.01. The molecule has 0 atom stereocenters. The number of nitrogens with zero attached hydrogens (tertiary/aromatic N) is 4. The molecule has 2 aromatic carbocycles. The highest BCUT2D eigenvalue weighted by Gasteiger charge is 2.31. The lowest BCUT2D eigenvalue weighted by Crippen LogP contribution is -2.15. The molecule has 4 aromatic rings. The van der Waals surface area contributed by atoms with Crippen molar-refractivity contribution in [1.82, 2.24) is 19.7 Å². The van der Waals surface area contributed by atoms with Crippen molar-refractivity contribution in [3.63, 3.8) is 0 Å². The Bertz CT molecular complexity index is 1300. The number of carbonyl (C=O) groups excluding carboxylic acids is 1. The molecular formula is C24H22FN5OS2. The van der Waals surface area contributed by atoms with Crippen LogP contribution in [0.5, 0.6) is 0 Å². The van der Waals surface area contributed by atoms with Gasteiger partial charge in [0.05, 0.1) is 17.7 Å². The van der Waals surface area contributed by atoms with Crippen LogP contribution in [0.1, 0.15) is 35.1 Å². The van der Waals surface area contributed by atoms with Crippen LogP contribution in [0.3, 0.4) is 0 Å². The number of amides is 1. The zero-order chi connectivity index (χ0) is 22.8. The molecule has 0 unspecified atom stereocenters. The maximum Gasteiger partial charge on any atom is 0.231 e. The van der Waals surface area contributed by atoms with Gasteiger partial charge in [0.1, 0.15) is 10.8 Å². The van der Waals surface area contributed by atoms with Gasteiger partial charge in [0, 0.05) is 22.9 Å². The van der Waals surface area contributed by atoms with Crippen molar-refractivity contribution in [2.75, 3.05) is 5.32 Å². The van der Waals surface area contributed by atoms with Crippen LogP contribution in [0.25, 0.3) is 11.4 Å². The summed E-state index contributed by atoms with van der Waals surface area (Å²) in [5.41, 5.74) is 3.21. The molecule has 0 radical (unpaired) electrons. The number of thioether (sulfide) groups is 1. The van der Waals surface area contributed by atoms with Gasteiger partial charge in [-0.25, -0.2) is 9.37 Å². The first-order valence-corrected chi connectivity index (χ1v) is 12.6. The van der Waals surface area contributed by atoms with Gasteiger partial charge in [-0.1, -0.05) is 42.1 Å². The minimum Gasteiger partial charge on any atom is -0.325 e. The van der Waals surface area contributed by atoms with Crippen LogP contribution in [0.2, 0.25) is 0 Å². The Balaban J connectivity index is 1.24. The van der Waals surface area contributed by atoms with Crippen molar-refractivity contribution in [3.05, 3.63) is 76.0 Å². The number of halogens is 1. The van der Waals surface area contributed by atoms with Crippen LogP contribution in [0, 0.1) is 12.7 Å². The first-order chi connectivity index (χ1) is 16.1. The van der Waals surface area contributed by atoms with E-state index >= 15 is 0 Å². The SMILES string of the molecule is Cc1ccccc1NC(=O)Cc1nc(CSc2nnc(-c3ccccc3F)n2C2CC2)cs1. The number of benzene rings is 2. The van der Waals surface area contributed by atoms with E-state index in [0.29, 0.717) is 23.2 Å². The molecule has 9 heteroatoms. The number of hydrogen-bond acceptors (Lipinski definition) is 6. The first kappa shape index (κ1) is 21.8. The van der Waals surface area contributed by atoms with E-state index in [1.165, 1.54) is 29.2 Å². The van der Waals surface area contributed by atoms with Crippen molar-refractivity contribution >= 4 is 34.7 Å². The number of hydrogen-bond donors (Lipinski definition) is 1. The highest BCUT2D eigenvalue weighted by molar-refractivity contribution is 7.98. The van der Waals surface area contributed by atoms with Crippen molar-refractivity contribution in [2.24, 2.45) is 0 Å². The van der Waals surface area contributed by atoms with Crippen LogP contribution in [-0.4, -0.2) is 25.7 Å². The van der Waals surface area contributed by atoms with E-state index in [2.05, 4.69) is 20.5 Å². The molecule has 0 bridgehead atoms. The predicted octanol–water partition coefficient (Wildman–Crippen LogP) is 5.66. The van der Waals surface area contributed by atoms with E-state index in [0.717, 1.165) is 40.0 Å². The Morgan fingerprint density at radius 1 is 1.18 bits per heavy atom. The molecule has 1 aliphatic rings. The topological polar surface area (TPSA) is 72.7 Å². The predicted molar refractivity (Wildman–Crippen MR) is 129 cm³/mol. The van der Waals surface area contributed by atoms with Gasteiger partial charge in [0.15, 0.2) is 11.0 Å². The van der Waals surface area contributed by atoms with Crippen molar-refractivity contribution in [2.45, 2.75) is 43.1 Å². The molecule has 2 heterocycles. The average molecular weight is 480 g/mol. The van der Waals surface area contributed by atoms with Crippen LogP contribution in [0.15, 0.2) is 59.1 Å². The molecule has 1 saturated carbocycles. The fourth-order valence-corrected chi connectivity index (χ4v) is 5.34. The minimum absolute atomic E-state index is 0.0825. The molecule has 0 aliphatic heterocycles. The number of para-hydroxylation sites is 1. The van der Waals surface area contributed by atoms with Crippen LogP contribution in [-0.2, 0) is 17.0 Å². The van der Waals surface area contributed by atoms with Crippen LogP contribution >= 0.6 is 23.1 Å². The number of aromatic nitrogens is 4. The number of rotatable bonds is 8. The maximum absolute atomic E-state index is 14.3. The van der Waals surface area contributed by atoms with Crippen LogP contribution in [0.4, 0.5) is 10.1 Å². The van der Waals surface area contributed by atoms with E-state index in [-0.39, 0.29) is 18.1 Å². The van der Waals surface area contributed by atoms with Crippen molar-refractivity contribution < 1.29 is 9.18 Å². The zero-order valence-electron chi connectivity index (χ0n) is 18.0. The maximum atomic E-state index is 14.3. The van der Waals surface area contributed by atoms with E-state index in [9.17, 15) is 9.18 Å². The van der Waals surface area contributed by atoms with E-state index < -0.39 is 0 Å². The molecule has 1 N–H and O–H groups in total. The normalized spacial score (nSPS) is 13.3. The largest absolute Gasteiger partial charge is 0.325 e. The third kappa shape index (κ3) is 4.99. The Kier molecular flexibility index (Phi) is 6.24. The number of aryl methyl sites for hydroxylation is 1. The Morgan fingerprint density at radius 3 is 2.76 bits per heavy atom. The summed E-state index contributed by atoms with van der Waals surface area (Å²) in [6, 6.07) is 14.7. The molecule has 1 amide bonds. The Labute approximate surface area is 199 Å². The summed E-state index contributed by atoms with van der Waals surface area (Å²) in [4.78, 5) is 17.0. The van der Waals surface area contributed by atoms with Gasteiger partial charge in [0.2, 0.25) is 5.91 Å². The summed E-state index contributed by atoms with van der Waals surface area (Å²) in [6.07, 6.45) is 2.33. The van der Waals surface area contributed by atoms with Gasteiger partial charge < -0.3 is 5.32 Å². The second kappa shape index (κ2) is 9.44. The van der Waals surface area contributed by atoms with Gasteiger partial charge in [0.25, 0.3) is 0 Å². The molecule has 0 spiro atoms. The molecule has 168 valence electrons. The molecular weight excluding hydrogens is 457 g/mol. The summed E-state index contributed by atoms with van der Waals surface area (Å²) in [5.74, 6) is 0.806. The van der Waals surface area contributed by atoms with Gasteiger partial charge in [-0.3, -0.25) is 9.36 Å². The van der Waals surface area contributed by atoms with E-state index in [4.69, 9.17) is 0 Å². The van der Waals surface area contributed by atoms with Crippen molar-refractivity contribution in [3.8, 4) is 11.4 Å². The highest BCUT2D eigenvalue weighted by Crippen LogP contribution is 2.41. The van der Waals surface area contributed by atoms with Gasteiger partial charge in [-0.2, -0.15) is 0 Å². The Hall–Kier alpha value is -3.04. The average Bonchev–Trinajstić information content (AvgIpc) is 3.40. The van der Waals surface area contributed by atoms with Gasteiger partial charge >= 0.3 is 0 Å². The fraction of sp³-hybridized carbons (Fsp3) is 0.250. The number of carbonyl (C=O) groups is 1. The lowest BCUT2D eigenvalue weighted by atomic mass is 10.2. The molecule has 0 saturated heterocycles. The highest BCUT2D eigenvalue weighted by atomic mass is 32.2. The Morgan fingerprint density at radius 2 is 1.97 bits per heavy atom. The van der Waals surface area contributed by atoms with Gasteiger partial charge in [-0.15, -0.1) is 21.5 Å². The lowest BCUT2D eigenvalue weighted by Gasteiger charge is -2.09. The lowest BCUT2D eigenvalue weighted by molar-refractivity contribution is -0.115. The van der Waals surface area contributed by atoms with Crippen LogP contribution < -0.4 is 5.32 Å². The van der Waals surface area contributed by atoms with Gasteiger partial charge in [-0.05, 0) is 43.5 Å². The third-order valence-electron chi connectivity index (χ3n) is 5.37. The molecule has 6 nitrogen and oxygen atoms in total. The standard InChI is InChI=1S/C24H22FN5OS2/c1-15-6-2-5-9-20(15)27-21(31)12-22-26-16(13-32-22)14-33-24-29-28-23(30(24)17-10-11-17)18-7-3-4-8-19(18)25/h2-9,13,17H,10-12,14H2,1H3,(H,27,31). The summed E-state index contributed by atoms with van der Waals surface area (Å²) in [6.45, 7) is 1.96. The molecule has 2 aromatic heterocycles. The molecule has 1 aliphatic carbocycles. The number of nitrogens with one attached hydrogen (secondary N) is 1. The zero-order valence-corrected chi connectivity index (χ0v) is 19.6. The summed E-state index contributed by atoms with van der Waals surface area (Å²) in [5, 5.41) is 15.1. The minimum atomic E-state index is -0.295. The second-order valence-corrected chi connectivity index (χ2v) is 9.83. The monoisotopic (exact) mass is 479 g/mol. The second-order valence-electron chi connectivity index (χ2n) is 7.95. The summed E-state index contributed by atoms with van der Waals surface area (Å²) < 4.78 is 16.4. The number of anilines is 1. The van der Waals surface area contributed by atoms with Crippen molar-refractivity contribution in [1.29, 1.82) is 0 Å². The van der Waals surface area contributed by atoms with E-state index in [1.807, 2.05) is 47.2 Å². The fourth-order valence-electron chi connectivity index (χ4n) is 3.54. The quantitative estimate of drug-likeness (QED) is 0.330. The molecule has 5 rings (SSSR count). The molecule has 1 fully saturated rings. The summed E-state index contributed by atoms with van der Waals surface area (Å²) in [7, 11) is 0. The third-order valence-corrected chi connectivity index (χ3v) is 7.24. The number of thiazole rings is 1. The smallest absolute Gasteiger partial charge is 0.231 e.